The molecule has 3 heterocycles. The predicted octanol–water partition coefficient (Wildman–Crippen LogP) is 2.27. The zero-order valence-corrected chi connectivity index (χ0v) is 47.2. The van der Waals surface area contributed by atoms with Crippen molar-refractivity contribution in [3.05, 3.63) is 35.9 Å². The fraction of sp³-hybridized carbons (Fsp3) is 0.765. The molecule has 4 fully saturated rings. The number of ether oxygens (including phenoxy) is 5. The number of fused-ring (bicyclic) bond motifs is 2. The van der Waals surface area contributed by atoms with E-state index in [0.717, 1.165) is 56.1 Å². The lowest BCUT2D eigenvalue weighted by atomic mass is 9.84. The van der Waals surface area contributed by atoms with E-state index in [1.165, 1.54) is 11.8 Å². The van der Waals surface area contributed by atoms with E-state index in [-0.39, 0.29) is 81.9 Å². The van der Waals surface area contributed by atoms with E-state index in [0.29, 0.717) is 83.7 Å². The molecule has 436 valence electrons. The summed E-state index contributed by atoms with van der Waals surface area (Å²) in [5.74, 6) is -3.73. The molecule has 0 radical (unpaired) electrons. The Kier molecular flexibility index (Phi) is 27.9. The first-order valence-corrected chi connectivity index (χ1v) is 32.1. The first-order chi connectivity index (χ1) is 36.9. The van der Waals surface area contributed by atoms with Gasteiger partial charge in [-0.3, -0.25) is 28.5 Å². The maximum atomic E-state index is 14.7. The van der Waals surface area contributed by atoms with Crippen LogP contribution in [0.4, 0.5) is 4.79 Å². The number of rotatable bonds is 38. The molecule has 1 saturated carbocycles. The van der Waals surface area contributed by atoms with Crippen molar-refractivity contribution in [3.8, 4) is 0 Å². The number of carbonyl (C=O) groups is 6. The van der Waals surface area contributed by atoms with E-state index in [4.69, 9.17) is 23.7 Å². The van der Waals surface area contributed by atoms with Crippen molar-refractivity contribution >= 4 is 64.8 Å². The third-order valence-electron chi connectivity index (χ3n) is 14.2. The van der Waals surface area contributed by atoms with Crippen LogP contribution in [-0.2, 0) is 68.7 Å². The lowest BCUT2D eigenvalue weighted by Gasteiger charge is -2.36. The molecule has 0 aromatic heterocycles. The van der Waals surface area contributed by atoms with E-state index in [1.807, 2.05) is 42.1 Å². The van der Waals surface area contributed by atoms with Crippen LogP contribution in [0.15, 0.2) is 30.3 Å². The van der Waals surface area contributed by atoms with Gasteiger partial charge in [-0.05, 0) is 75.7 Å². The summed E-state index contributed by atoms with van der Waals surface area (Å²) in [6.45, 7) is 4.83. The highest BCUT2D eigenvalue weighted by atomic mass is 32.2. The molecule has 23 nitrogen and oxygen atoms in total. The van der Waals surface area contributed by atoms with Crippen molar-refractivity contribution < 1.29 is 75.2 Å². The number of hydrogen-bond acceptors (Lipinski definition) is 15. The normalized spacial score (nSPS) is 22.2. The summed E-state index contributed by atoms with van der Waals surface area (Å²) in [5, 5.41) is 17.1. The fourth-order valence-corrected chi connectivity index (χ4v) is 13.1. The van der Waals surface area contributed by atoms with Gasteiger partial charge in [-0.15, -0.1) is 0 Å². The van der Waals surface area contributed by atoms with Gasteiger partial charge in [0.2, 0.25) is 29.5 Å². The van der Waals surface area contributed by atoms with Crippen LogP contribution in [0.5, 0.6) is 0 Å². The van der Waals surface area contributed by atoms with E-state index < -0.39 is 76.8 Å². The van der Waals surface area contributed by atoms with Gasteiger partial charge in [0, 0.05) is 49.3 Å². The molecule has 8 N–H and O–H groups in total. The Labute approximate surface area is 457 Å². The molecule has 7 amide bonds. The van der Waals surface area contributed by atoms with E-state index in [9.17, 15) is 51.5 Å². The maximum absolute atomic E-state index is 14.7. The number of nitrogens with zero attached hydrogens (tertiary/aromatic N) is 1. The standard InChI is InChI=1S/C51H84N7O16PS2/c1-3-46(75(65,66)67)56-49(62)42-33-37-15-7-8-17-41(37)58(42)50(63)39(21-32-77(2,68)69)54-48(61)38(16-11-12-23-74-34-36-13-5-4-6-14-36)53-45(60)20-24-70-26-28-72-30-31-73-29-27-71-25-22-52-44(59)19-10-9-18-43-47-40(35-76-43)55-51(64)57-47/h4-6,13-14,37-43,46-47H,3,7-12,15-35H2,1-2H3,(H,52,59)(H,53,60)(H,54,61)(H,56,62)(H2,55,57,64)(H2,65,66,67)/t37-,38-,39-,40-,41-,42-,43-,46+,47-/m0/s1. The molecular weight excluding hydrogens is 1060 g/mol. The van der Waals surface area contributed by atoms with Gasteiger partial charge >= 0.3 is 13.6 Å². The predicted molar refractivity (Wildman–Crippen MR) is 288 cm³/mol. The van der Waals surface area contributed by atoms with Crippen LogP contribution in [-0.4, -0.2) is 190 Å². The Morgan fingerprint density at radius 1 is 0.792 bits per heavy atom. The summed E-state index contributed by atoms with van der Waals surface area (Å²) in [6, 6.07) is 5.85. The van der Waals surface area contributed by atoms with Gasteiger partial charge in [-0.2, -0.15) is 11.8 Å². The van der Waals surface area contributed by atoms with Crippen LogP contribution in [0, 0.1) is 5.92 Å². The van der Waals surface area contributed by atoms with Crippen molar-refractivity contribution in [2.24, 2.45) is 5.92 Å². The number of amides is 7. The summed E-state index contributed by atoms with van der Waals surface area (Å²) in [5.41, 5.74) is 0.999. The lowest BCUT2D eigenvalue weighted by Crippen LogP contribution is -2.59. The molecule has 0 unspecified atom stereocenters. The first kappa shape index (κ1) is 63.9. The number of sulfone groups is 1. The Balaban J connectivity index is 1.01. The summed E-state index contributed by atoms with van der Waals surface area (Å²) < 4.78 is 65.2. The van der Waals surface area contributed by atoms with Gasteiger partial charge in [0.25, 0.3) is 0 Å². The second kappa shape index (κ2) is 33.6. The zero-order chi connectivity index (χ0) is 55.6. The quantitative estimate of drug-likeness (QED) is 0.0268. The van der Waals surface area contributed by atoms with Crippen molar-refractivity contribution in [3.63, 3.8) is 0 Å². The summed E-state index contributed by atoms with van der Waals surface area (Å²) in [7, 11) is -8.37. The molecule has 77 heavy (non-hydrogen) atoms. The third-order valence-corrected chi connectivity index (χ3v) is 18.0. The van der Waals surface area contributed by atoms with E-state index in [2.05, 4.69) is 31.9 Å². The van der Waals surface area contributed by atoms with Crippen molar-refractivity contribution in [1.29, 1.82) is 0 Å². The Morgan fingerprint density at radius 3 is 2.17 bits per heavy atom. The second-order valence-electron chi connectivity index (χ2n) is 20.2. The van der Waals surface area contributed by atoms with Gasteiger partial charge in [0.05, 0.1) is 77.3 Å². The summed E-state index contributed by atoms with van der Waals surface area (Å²) >= 11 is 1.87. The van der Waals surface area contributed by atoms with Gasteiger partial charge < -0.3 is 70.3 Å². The molecule has 4 aliphatic rings. The Hall–Kier alpha value is -3.91. The molecular formula is C51H84N7O16PS2. The molecule has 0 bridgehead atoms. The number of benzene rings is 1. The van der Waals surface area contributed by atoms with Crippen molar-refractivity contribution in [2.45, 2.75) is 157 Å². The van der Waals surface area contributed by atoms with Crippen LogP contribution in [0.25, 0.3) is 0 Å². The average molecular weight is 1150 g/mol. The van der Waals surface area contributed by atoms with Crippen LogP contribution >= 0.6 is 19.4 Å². The minimum atomic E-state index is -4.73. The SMILES string of the molecule is CC[C@H](NC(=O)[C@@H]1C[C@@H]2CCCC[C@@H]2N1C(=O)[C@H](CCS(C)(=O)=O)NC(=O)[C@H](CCCCOCc1ccccc1)NC(=O)CCOCCOCCOCCOCCNC(=O)CCCC[C@@H]1SC[C@@H]2NC(=O)N[C@@H]21)P(=O)(O)O. The highest BCUT2D eigenvalue weighted by molar-refractivity contribution is 8.00. The van der Waals surface area contributed by atoms with Gasteiger partial charge in [-0.1, -0.05) is 56.5 Å². The van der Waals surface area contributed by atoms with E-state index in [1.54, 1.807) is 0 Å². The zero-order valence-electron chi connectivity index (χ0n) is 44.7. The largest absolute Gasteiger partial charge is 0.379 e. The highest BCUT2D eigenvalue weighted by Gasteiger charge is 2.50. The summed E-state index contributed by atoms with van der Waals surface area (Å²) in [4.78, 5) is 101. The van der Waals surface area contributed by atoms with Gasteiger partial charge in [-0.25, -0.2) is 13.2 Å². The number of nitrogens with one attached hydrogen (secondary N) is 6. The Morgan fingerprint density at radius 2 is 1.48 bits per heavy atom. The molecule has 1 aromatic rings. The number of likely N-dealkylation sites (tertiary alicyclic amines) is 1. The molecule has 26 heteroatoms. The number of hydrogen-bond donors (Lipinski definition) is 8. The number of urea groups is 1. The monoisotopic (exact) mass is 1150 g/mol. The third kappa shape index (κ3) is 23.0. The lowest BCUT2D eigenvalue weighted by molar-refractivity contribution is -0.144. The molecule has 5 rings (SSSR count). The second-order valence-corrected chi connectivity index (χ2v) is 25.5. The molecule has 3 saturated heterocycles. The number of carbonyl (C=O) groups excluding carboxylic acids is 6. The fourth-order valence-electron chi connectivity index (χ4n) is 10.1. The van der Waals surface area contributed by atoms with Crippen molar-refractivity contribution in [1.82, 2.24) is 36.8 Å². The topological polar surface area (TPSA) is 316 Å². The molecule has 1 aromatic carbocycles. The van der Waals surface area contributed by atoms with E-state index >= 15 is 0 Å². The maximum Gasteiger partial charge on any atom is 0.347 e. The summed E-state index contributed by atoms with van der Waals surface area (Å²) in [6.07, 6.45) is 7.96. The van der Waals surface area contributed by atoms with Crippen LogP contribution < -0.4 is 31.9 Å². The molecule has 0 spiro atoms. The molecule has 9 atom stereocenters. The first-order valence-electron chi connectivity index (χ1n) is 27.3. The van der Waals surface area contributed by atoms with Gasteiger partial charge in [0.1, 0.15) is 33.7 Å². The van der Waals surface area contributed by atoms with Crippen LogP contribution in [0.2, 0.25) is 0 Å². The van der Waals surface area contributed by atoms with Crippen LogP contribution in [0.1, 0.15) is 109 Å². The smallest absolute Gasteiger partial charge is 0.347 e. The van der Waals surface area contributed by atoms with Gasteiger partial charge in [0.15, 0.2) is 0 Å². The Bertz CT molecular complexity index is 2180. The number of thioether (sulfide) groups is 1. The number of unbranched alkanes of at least 4 members (excludes halogenated alkanes) is 2. The van der Waals surface area contributed by atoms with Crippen LogP contribution in [0.3, 0.4) is 0 Å². The van der Waals surface area contributed by atoms with Crippen molar-refractivity contribution in [2.75, 3.05) is 83.8 Å². The average Bonchev–Trinajstić information content (AvgIpc) is 4.12. The minimum Gasteiger partial charge on any atom is -0.379 e. The molecule has 1 aliphatic carbocycles. The molecule has 3 aliphatic heterocycles. The minimum absolute atomic E-state index is 0.0155. The highest BCUT2D eigenvalue weighted by Crippen LogP contribution is 2.43.